The number of amides is 1. The Bertz CT molecular complexity index is 988. The molecule has 1 amide bonds. The molecule has 1 heterocycles. The van der Waals surface area contributed by atoms with Crippen LogP contribution in [0.15, 0.2) is 36.4 Å². The number of ether oxygens (including phenoxy) is 2. The number of halogens is 2. The number of nitrogens with one attached hydrogen (secondary N) is 1. The molecule has 0 aliphatic carbocycles. The third-order valence-corrected chi connectivity index (χ3v) is 5.57. The van der Waals surface area contributed by atoms with E-state index in [4.69, 9.17) is 36.7 Å². The topological polar surface area (TPSA) is 134 Å². The number of rotatable bonds is 8. The Morgan fingerprint density at radius 3 is 2.54 bits per heavy atom. The van der Waals surface area contributed by atoms with Gasteiger partial charge in [0, 0.05) is 32.6 Å². The minimum atomic E-state index is -0.833. The molecule has 2 aromatic carbocycles. The van der Waals surface area contributed by atoms with E-state index in [1.807, 2.05) is 0 Å². The van der Waals surface area contributed by atoms with Gasteiger partial charge in [0.1, 0.15) is 17.3 Å². The number of methoxy groups -OCH3 is 1. The Morgan fingerprint density at radius 1 is 1.29 bits per heavy atom. The van der Waals surface area contributed by atoms with Crippen molar-refractivity contribution in [1.29, 1.82) is 0 Å². The predicted molar refractivity (Wildman–Crippen MR) is 131 cm³/mol. The SMILES string of the molecule is CC(=O)O.COc1cc(N)c(Cl)cc1C(=O)N[C@H]1CCN(CCCOc2ccc(F)cc2)C[C@H]1O. The number of benzene rings is 2. The fraction of sp³-hybridized carbons (Fsp3) is 0.417. The zero-order chi connectivity index (χ0) is 26.0. The molecule has 5 N–H and O–H groups in total. The van der Waals surface area contributed by atoms with Crippen LogP contribution in [0.25, 0.3) is 0 Å². The molecular weight excluding hydrogens is 481 g/mol. The van der Waals surface area contributed by atoms with E-state index in [1.54, 1.807) is 12.1 Å². The Balaban J connectivity index is 0.00000100. The number of piperidine rings is 1. The summed E-state index contributed by atoms with van der Waals surface area (Å²) >= 11 is 6.04. The van der Waals surface area contributed by atoms with E-state index in [0.29, 0.717) is 36.8 Å². The zero-order valence-corrected chi connectivity index (χ0v) is 20.4. The van der Waals surface area contributed by atoms with E-state index in [2.05, 4.69) is 10.2 Å². The molecule has 35 heavy (non-hydrogen) atoms. The first-order valence-corrected chi connectivity index (χ1v) is 11.4. The fourth-order valence-electron chi connectivity index (χ4n) is 3.54. The Morgan fingerprint density at radius 2 is 1.94 bits per heavy atom. The van der Waals surface area contributed by atoms with Crippen LogP contribution in [-0.4, -0.2) is 72.5 Å². The molecule has 2 aromatic rings. The van der Waals surface area contributed by atoms with E-state index < -0.39 is 12.1 Å². The van der Waals surface area contributed by atoms with Crippen molar-refractivity contribution in [2.75, 3.05) is 39.1 Å². The second kappa shape index (κ2) is 13.7. The summed E-state index contributed by atoms with van der Waals surface area (Å²) in [6.45, 7) is 3.51. The van der Waals surface area contributed by atoms with Gasteiger partial charge in [-0.25, -0.2) is 4.39 Å². The largest absolute Gasteiger partial charge is 0.496 e. The Kier molecular flexibility index (Phi) is 11.0. The molecule has 1 aliphatic heterocycles. The maximum Gasteiger partial charge on any atom is 0.300 e. The van der Waals surface area contributed by atoms with Gasteiger partial charge in [0.05, 0.1) is 42.1 Å². The Labute approximate surface area is 208 Å². The summed E-state index contributed by atoms with van der Waals surface area (Å²) in [6, 6.07) is 8.50. The van der Waals surface area contributed by atoms with Gasteiger partial charge in [-0.15, -0.1) is 0 Å². The van der Waals surface area contributed by atoms with Crippen molar-refractivity contribution in [3.63, 3.8) is 0 Å². The van der Waals surface area contributed by atoms with E-state index in [-0.39, 0.29) is 28.4 Å². The van der Waals surface area contributed by atoms with E-state index in [0.717, 1.165) is 26.4 Å². The molecule has 0 aromatic heterocycles. The van der Waals surface area contributed by atoms with Gasteiger partial charge in [-0.2, -0.15) is 0 Å². The third-order valence-electron chi connectivity index (χ3n) is 5.25. The maximum absolute atomic E-state index is 12.9. The van der Waals surface area contributed by atoms with Crippen molar-refractivity contribution >= 4 is 29.2 Å². The van der Waals surface area contributed by atoms with Crippen LogP contribution in [0.2, 0.25) is 5.02 Å². The summed E-state index contributed by atoms with van der Waals surface area (Å²) in [5.41, 5.74) is 6.36. The number of nitrogen functional groups attached to an aromatic ring is 1. The minimum absolute atomic E-state index is 0.268. The van der Waals surface area contributed by atoms with Gasteiger partial charge in [-0.1, -0.05) is 11.6 Å². The van der Waals surface area contributed by atoms with Crippen LogP contribution in [0.5, 0.6) is 11.5 Å². The number of carbonyl (C=O) groups is 2. The first-order valence-electron chi connectivity index (χ1n) is 11.0. The lowest BCUT2D eigenvalue weighted by molar-refractivity contribution is -0.134. The van der Waals surface area contributed by atoms with Crippen molar-refractivity contribution in [3.8, 4) is 11.5 Å². The van der Waals surface area contributed by atoms with Crippen molar-refractivity contribution in [2.24, 2.45) is 0 Å². The van der Waals surface area contributed by atoms with Gasteiger partial charge >= 0.3 is 0 Å². The van der Waals surface area contributed by atoms with Crippen molar-refractivity contribution in [2.45, 2.75) is 31.9 Å². The summed E-state index contributed by atoms with van der Waals surface area (Å²) < 4.78 is 23.7. The van der Waals surface area contributed by atoms with Gasteiger partial charge in [-0.05, 0) is 43.2 Å². The molecule has 2 atom stereocenters. The maximum atomic E-state index is 12.9. The second-order valence-corrected chi connectivity index (χ2v) is 8.39. The molecule has 1 saturated heterocycles. The summed E-state index contributed by atoms with van der Waals surface area (Å²) in [6.07, 6.45) is 0.671. The summed E-state index contributed by atoms with van der Waals surface area (Å²) in [5.74, 6) is -0.549. The number of aliphatic carboxylic acids is 1. The zero-order valence-electron chi connectivity index (χ0n) is 19.7. The standard InChI is InChI=1S/C22H27ClFN3O4.C2H4O2/c1-30-21-12-18(25)17(23)11-16(21)22(29)26-19-7-9-27(13-20(19)28)8-2-10-31-15-5-3-14(24)4-6-15;1-2(3)4/h3-6,11-12,19-20,28H,2,7-10,13,25H2,1H3,(H,26,29);1H3,(H,3,4)/t19-,20+;/m0./s1. The van der Waals surface area contributed by atoms with Crippen LogP contribution in [0.3, 0.4) is 0 Å². The van der Waals surface area contributed by atoms with Crippen LogP contribution in [0.4, 0.5) is 10.1 Å². The van der Waals surface area contributed by atoms with Gasteiger partial charge in [0.25, 0.3) is 11.9 Å². The summed E-state index contributed by atoms with van der Waals surface area (Å²) in [4.78, 5) is 23.8. The molecule has 0 bridgehead atoms. The lowest BCUT2D eigenvalue weighted by atomic mass is 10.0. The Hall–Kier alpha value is -3.08. The van der Waals surface area contributed by atoms with Crippen molar-refractivity contribution in [3.05, 3.63) is 52.8 Å². The molecule has 0 unspecified atom stereocenters. The normalized spacial score (nSPS) is 17.6. The third kappa shape index (κ3) is 9.23. The number of carbonyl (C=O) groups excluding carboxylic acids is 1. The molecule has 11 heteroatoms. The van der Waals surface area contributed by atoms with Crippen molar-refractivity contribution in [1.82, 2.24) is 10.2 Å². The lowest BCUT2D eigenvalue weighted by Crippen LogP contribution is -2.54. The molecule has 3 rings (SSSR count). The number of hydrogen-bond acceptors (Lipinski definition) is 7. The highest BCUT2D eigenvalue weighted by Gasteiger charge is 2.29. The summed E-state index contributed by atoms with van der Waals surface area (Å²) in [7, 11) is 1.45. The minimum Gasteiger partial charge on any atom is -0.496 e. The molecule has 0 saturated carbocycles. The number of anilines is 1. The number of aliphatic hydroxyl groups excluding tert-OH is 1. The van der Waals surface area contributed by atoms with Crippen LogP contribution >= 0.6 is 11.6 Å². The van der Waals surface area contributed by atoms with Crippen molar-refractivity contribution < 1.29 is 33.7 Å². The van der Waals surface area contributed by atoms with Crippen LogP contribution in [0, 0.1) is 5.82 Å². The van der Waals surface area contributed by atoms with Gasteiger partial charge < -0.3 is 35.6 Å². The highest BCUT2D eigenvalue weighted by molar-refractivity contribution is 6.33. The van der Waals surface area contributed by atoms with E-state index in [9.17, 15) is 14.3 Å². The number of likely N-dealkylation sites (tertiary alicyclic amines) is 1. The van der Waals surface area contributed by atoms with Gasteiger partial charge in [-0.3, -0.25) is 9.59 Å². The first-order chi connectivity index (χ1) is 16.6. The molecular formula is C24H31ClFN3O6. The fourth-order valence-corrected chi connectivity index (χ4v) is 3.70. The molecule has 9 nitrogen and oxygen atoms in total. The quantitative estimate of drug-likeness (QED) is 0.314. The lowest BCUT2D eigenvalue weighted by Gasteiger charge is -2.36. The molecule has 0 spiro atoms. The number of β-amino-alcohol motifs (C(OH)–C–C–N with tert-alkyl or cyclic N) is 1. The monoisotopic (exact) mass is 511 g/mol. The highest BCUT2D eigenvalue weighted by Crippen LogP contribution is 2.29. The molecule has 0 radical (unpaired) electrons. The number of hydrogen-bond donors (Lipinski definition) is 4. The molecule has 1 fully saturated rings. The van der Waals surface area contributed by atoms with Crippen LogP contribution in [-0.2, 0) is 4.79 Å². The summed E-state index contributed by atoms with van der Waals surface area (Å²) in [5, 5.41) is 21.1. The van der Waals surface area contributed by atoms with Crippen LogP contribution < -0.4 is 20.5 Å². The van der Waals surface area contributed by atoms with E-state index in [1.165, 1.54) is 31.4 Å². The first kappa shape index (κ1) is 28.2. The average Bonchev–Trinajstić information content (AvgIpc) is 2.80. The second-order valence-electron chi connectivity index (χ2n) is 7.99. The number of nitrogens with two attached hydrogens (primary N) is 1. The molecule has 192 valence electrons. The van der Waals surface area contributed by atoms with E-state index >= 15 is 0 Å². The molecule has 1 aliphatic rings. The number of aliphatic hydroxyl groups is 1. The number of carboxylic acid groups (broad SMARTS) is 1. The number of nitrogens with zero attached hydrogens (tertiary/aromatic N) is 1. The predicted octanol–water partition coefficient (Wildman–Crippen LogP) is 2.79. The van der Waals surface area contributed by atoms with Gasteiger partial charge in [0.2, 0.25) is 0 Å². The number of carboxylic acids is 1. The smallest absolute Gasteiger partial charge is 0.300 e. The van der Waals surface area contributed by atoms with Gasteiger partial charge in [0.15, 0.2) is 0 Å². The highest BCUT2D eigenvalue weighted by atomic mass is 35.5. The average molecular weight is 512 g/mol. The van der Waals surface area contributed by atoms with Crippen LogP contribution in [0.1, 0.15) is 30.1 Å².